The van der Waals surface area contributed by atoms with Gasteiger partial charge >= 0.3 is 10.2 Å². The zero-order valence-corrected chi connectivity index (χ0v) is 23.3. The third-order valence-corrected chi connectivity index (χ3v) is 9.15. The molecule has 8 nitrogen and oxygen atoms in total. The number of aromatic nitrogens is 4. The van der Waals surface area contributed by atoms with Gasteiger partial charge in [0.2, 0.25) is 0 Å². The van der Waals surface area contributed by atoms with Crippen molar-refractivity contribution in [3.05, 3.63) is 97.0 Å². The molecular formula is C31H27N5O3S. The summed E-state index contributed by atoms with van der Waals surface area (Å²) >= 11 is 0. The van der Waals surface area contributed by atoms with E-state index in [1.165, 1.54) is 33.3 Å². The molecule has 0 N–H and O–H groups in total. The van der Waals surface area contributed by atoms with E-state index in [0.717, 1.165) is 27.6 Å². The van der Waals surface area contributed by atoms with Gasteiger partial charge in [0.15, 0.2) is 5.82 Å². The fourth-order valence-electron chi connectivity index (χ4n) is 5.36. The largest absolute Gasteiger partial charge is 0.457 e. The minimum atomic E-state index is -3.71. The highest BCUT2D eigenvalue weighted by Gasteiger charge is 2.32. The number of para-hydroxylation sites is 1. The minimum absolute atomic E-state index is 0.0146. The number of pyridine rings is 1. The Bertz CT molecular complexity index is 2070. The third-order valence-electron chi connectivity index (χ3n) is 7.47. The summed E-state index contributed by atoms with van der Waals surface area (Å²) in [6.07, 6.45) is 4.80. The molecule has 3 aromatic heterocycles. The molecule has 0 aliphatic carbocycles. The van der Waals surface area contributed by atoms with E-state index in [1.54, 1.807) is 12.1 Å². The van der Waals surface area contributed by atoms with Crippen LogP contribution in [0.25, 0.3) is 39.0 Å². The molecule has 4 heterocycles. The lowest BCUT2D eigenvalue weighted by Gasteiger charge is -2.28. The highest BCUT2D eigenvalue weighted by atomic mass is 32.2. The summed E-state index contributed by atoms with van der Waals surface area (Å²) in [6.45, 7) is 6.59. The van der Waals surface area contributed by atoms with Crippen molar-refractivity contribution in [3.8, 4) is 28.7 Å². The van der Waals surface area contributed by atoms with E-state index in [4.69, 9.17) is 9.72 Å². The van der Waals surface area contributed by atoms with Gasteiger partial charge in [-0.25, -0.2) is 13.9 Å². The van der Waals surface area contributed by atoms with Crippen molar-refractivity contribution in [1.82, 2.24) is 18.5 Å². The van der Waals surface area contributed by atoms with Crippen LogP contribution in [0, 0.1) is 0 Å². The van der Waals surface area contributed by atoms with Crippen molar-refractivity contribution < 1.29 is 13.2 Å². The molecule has 3 aromatic carbocycles. The van der Waals surface area contributed by atoms with Crippen LogP contribution in [0.5, 0.6) is 11.5 Å². The predicted octanol–water partition coefficient (Wildman–Crippen LogP) is 6.67. The van der Waals surface area contributed by atoms with E-state index in [-0.39, 0.29) is 5.41 Å². The average Bonchev–Trinajstić information content (AvgIpc) is 3.56. The first kappa shape index (κ1) is 24.4. The second-order valence-electron chi connectivity index (χ2n) is 11.0. The van der Waals surface area contributed by atoms with Crippen molar-refractivity contribution in [1.29, 1.82) is 0 Å². The van der Waals surface area contributed by atoms with Crippen LogP contribution in [0.2, 0.25) is 0 Å². The zero-order valence-electron chi connectivity index (χ0n) is 22.5. The van der Waals surface area contributed by atoms with Crippen LogP contribution < -0.4 is 9.04 Å². The van der Waals surface area contributed by atoms with E-state index < -0.39 is 10.2 Å². The quantitative estimate of drug-likeness (QED) is 0.246. The molecular weight excluding hydrogens is 522 g/mol. The maximum Gasteiger partial charge on any atom is 0.331 e. The lowest BCUT2D eigenvalue weighted by Crippen LogP contribution is -2.35. The van der Waals surface area contributed by atoms with Crippen molar-refractivity contribution in [2.45, 2.75) is 26.2 Å². The van der Waals surface area contributed by atoms with Gasteiger partial charge in [0.1, 0.15) is 17.3 Å². The van der Waals surface area contributed by atoms with Crippen LogP contribution in [0.3, 0.4) is 0 Å². The van der Waals surface area contributed by atoms with Gasteiger partial charge in [-0.3, -0.25) is 8.87 Å². The van der Waals surface area contributed by atoms with E-state index >= 15 is 0 Å². The molecule has 0 atom stereocenters. The Labute approximate surface area is 232 Å². The summed E-state index contributed by atoms with van der Waals surface area (Å²) in [5, 5.41) is 2.24. The fourth-order valence-corrected chi connectivity index (χ4v) is 6.60. The van der Waals surface area contributed by atoms with Crippen LogP contribution in [0.4, 0.5) is 5.69 Å². The lowest BCUT2D eigenvalue weighted by molar-refractivity contribution is 0.483. The Morgan fingerprint density at radius 1 is 0.800 bits per heavy atom. The molecule has 0 unspecified atom stereocenters. The van der Waals surface area contributed by atoms with Gasteiger partial charge < -0.3 is 4.74 Å². The summed E-state index contributed by atoms with van der Waals surface area (Å²) < 4.78 is 36.6. The molecule has 9 heteroatoms. The van der Waals surface area contributed by atoms with Gasteiger partial charge in [-0.2, -0.15) is 8.42 Å². The molecule has 6 aromatic rings. The molecule has 0 saturated carbocycles. The van der Waals surface area contributed by atoms with Gasteiger partial charge in [0.25, 0.3) is 0 Å². The molecule has 200 valence electrons. The molecule has 0 amide bonds. The van der Waals surface area contributed by atoms with Crippen LogP contribution in [0.1, 0.15) is 26.3 Å². The molecule has 40 heavy (non-hydrogen) atoms. The van der Waals surface area contributed by atoms with Gasteiger partial charge in [-0.1, -0.05) is 39.0 Å². The predicted molar refractivity (Wildman–Crippen MR) is 158 cm³/mol. The smallest absolute Gasteiger partial charge is 0.331 e. The Morgan fingerprint density at radius 3 is 2.38 bits per heavy atom. The van der Waals surface area contributed by atoms with Crippen molar-refractivity contribution in [2.75, 3.05) is 11.4 Å². The monoisotopic (exact) mass is 549 g/mol. The second-order valence-corrected chi connectivity index (χ2v) is 12.8. The topological polar surface area (TPSA) is 82.2 Å². The van der Waals surface area contributed by atoms with E-state index in [2.05, 4.69) is 60.7 Å². The molecule has 0 saturated heterocycles. The van der Waals surface area contributed by atoms with Crippen molar-refractivity contribution in [3.63, 3.8) is 0 Å². The van der Waals surface area contributed by atoms with Crippen LogP contribution in [-0.4, -0.2) is 34.0 Å². The van der Waals surface area contributed by atoms with Crippen molar-refractivity contribution in [2.24, 2.45) is 0 Å². The Hall–Kier alpha value is -4.63. The number of rotatable bonds is 3. The van der Waals surface area contributed by atoms with E-state index in [0.29, 0.717) is 28.6 Å². The second kappa shape index (κ2) is 8.43. The third kappa shape index (κ3) is 3.61. The number of imidazole rings is 1. The first-order chi connectivity index (χ1) is 19.1. The number of benzene rings is 3. The fraction of sp³-hybridized carbons (Fsp3) is 0.161. The maximum atomic E-state index is 12.8. The summed E-state index contributed by atoms with van der Waals surface area (Å²) in [7, 11) is -2.17. The molecule has 1 aliphatic heterocycles. The van der Waals surface area contributed by atoms with Crippen LogP contribution in [0.15, 0.2) is 91.4 Å². The Kier molecular flexibility index (Phi) is 5.15. The highest BCUT2D eigenvalue weighted by Crippen LogP contribution is 2.41. The van der Waals surface area contributed by atoms with Crippen LogP contribution >= 0.6 is 0 Å². The summed E-state index contributed by atoms with van der Waals surface area (Å²) in [5.74, 6) is 2.44. The van der Waals surface area contributed by atoms with Gasteiger partial charge in [-0.05, 0) is 59.5 Å². The average molecular weight is 550 g/mol. The van der Waals surface area contributed by atoms with E-state index in [1.807, 2.05) is 36.5 Å². The number of ether oxygens (including phenoxy) is 1. The number of fused-ring (bicyclic) bond motifs is 6. The standard InChI is InChI=1S/C31H27N5O3S/c1-31(2,3)20-13-14-32-29(17-20)36-27-8-6-5-7-23(27)24-11-9-22(19-28(24)36)39-21-10-12-26-25(18-21)30-33-15-16-35(30)40(37,38)34(26)4/h5-19H,1-4H3. The molecule has 0 spiro atoms. The number of nitrogens with zero attached hydrogens (tertiary/aromatic N) is 5. The maximum absolute atomic E-state index is 12.8. The molecule has 0 radical (unpaired) electrons. The zero-order chi connectivity index (χ0) is 27.8. The lowest BCUT2D eigenvalue weighted by atomic mass is 9.88. The van der Waals surface area contributed by atoms with Gasteiger partial charge in [0, 0.05) is 48.0 Å². The van der Waals surface area contributed by atoms with Crippen molar-refractivity contribution >= 4 is 37.7 Å². The van der Waals surface area contributed by atoms with Gasteiger partial charge in [0.05, 0.1) is 16.7 Å². The number of hydrogen-bond acceptors (Lipinski definition) is 5. The molecule has 1 aliphatic rings. The Balaban J connectivity index is 1.35. The molecule has 0 bridgehead atoms. The molecule has 7 rings (SSSR count). The van der Waals surface area contributed by atoms with Crippen LogP contribution in [-0.2, 0) is 15.6 Å². The summed E-state index contributed by atoms with van der Waals surface area (Å²) in [5.41, 5.74) is 4.47. The highest BCUT2D eigenvalue weighted by molar-refractivity contribution is 7.91. The normalized spacial score (nSPS) is 14.3. The van der Waals surface area contributed by atoms with Gasteiger partial charge in [-0.15, -0.1) is 0 Å². The summed E-state index contributed by atoms with van der Waals surface area (Å²) in [6, 6.07) is 23.9. The number of anilines is 1. The minimum Gasteiger partial charge on any atom is -0.457 e. The number of hydrogen-bond donors (Lipinski definition) is 0. The molecule has 0 fully saturated rings. The Morgan fingerprint density at radius 2 is 1.55 bits per heavy atom. The SMILES string of the molecule is CN1c2ccc(Oc3ccc4c5ccccc5n(-c5cc(C(C)(C)C)ccn5)c4c3)cc2-c2nccn2S1(=O)=O. The first-order valence-electron chi connectivity index (χ1n) is 13.0. The first-order valence-corrected chi connectivity index (χ1v) is 14.4. The summed E-state index contributed by atoms with van der Waals surface area (Å²) in [4.78, 5) is 9.05. The van der Waals surface area contributed by atoms with E-state index in [9.17, 15) is 8.42 Å².